The van der Waals surface area contributed by atoms with E-state index in [4.69, 9.17) is 17.3 Å². The van der Waals surface area contributed by atoms with E-state index in [1.165, 1.54) is 12.5 Å². The Labute approximate surface area is 126 Å². The third-order valence-electron chi connectivity index (χ3n) is 4.36. The second kappa shape index (κ2) is 6.42. The van der Waals surface area contributed by atoms with E-state index < -0.39 is 0 Å². The molecule has 0 aromatic heterocycles. The van der Waals surface area contributed by atoms with Gasteiger partial charge < -0.3 is 5.73 Å². The molecule has 1 aromatic rings. The van der Waals surface area contributed by atoms with Crippen molar-refractivity contribution < 1.29 is 4.39 Å². The summed E-state index contributed by atoms with van der Waals surface area (Å²) in [4.78, 5) is 2.31. The third kappa shape index (κ3) is 3.72. The van der Waals surface area contributed by atoms with E-state index in [0.29, 0.717) is 22.5 Å². The smallest absolute Gasteiger partial charge is 0.128 e. The van der Waals surface area contributed by atoms with E-state index in [1.54, 1.807) is 12.1 Å². The van der Waals surface area contributed by atoms with Gasteiger partial charge in [-0.15, -0.1) is 0 Å². The average molecular weight is 299 g/mol. The number of nitrogens with zero attached hydrogens (tertiary/aromatic N) is 1. The van der Waals surface area contributed by atoms with E-state index in [-0.39, 0.29) is 11.9 Å². The van der Waals surface area contributed by atoms with Crippen molar-refractivity contribution in [3.05, 3.63) is 34.6 Å². The van der Waals surface area contributed by atoms with Gasteiger partial charge in [0.1, 0.15) is 5.82 Å². The molecule has 112 valence electrons. The first-order chi connectivity index (χ1) is 9.43. The van der Waals surface area contributed by atoms with Gasteiger partial charge in [-0.25, -0.2) is 4.39 Å². The lowest BCUT2D eigenvalue weighted by Crippen LogP contribution is -2.35. The van der Waals surface area contributed by atoms with Crippen LogP contribution >= 0.6 is 11.6 Å². The third-order valence-corrected chi connectivity index (χ3v) is 4.59. The van der Waals surface area contributed by atoms with Gasteiger partial charge in [-0.3, -0.25) is 4.90 Å². The first-order valence-electron chi connectivity index (χ1n) is 7.32. The van der Waals surface area contributed by atoms with E-state index in [2.05, 4.69) is 18.7 Å². The van der Waals surface area contributed by atoms with Crippen LogP contribution in [0.2, 0.25) is 5.02 Å². The molecule has 1 unspecified atom stereocenters. The fraction of sp³-hybridized carbons (Fsp3) is 0.625. The number of likely N-dealkylation sites (tertiary alicyclic amines) is 1. The number of benzene rings is 1. The van der Waals surface area contributed by atoms with Crippen LogP contribution in [-0.2, 0) is 0 Å². The van der Waals surface area contributed by atoms with Crippen LogP contribution < -0.4 is 5.73 Å². The molecule has 0 radical (unpaired) electrons. The summed E-state index contributed by atoms with van der Waals surface area (Å²) >= 11 is 6.01. The van der Waals surface area contributed by atoms with Crippen LogP contribution in [0.5, 0.6) is 0 Å². The maximum Gasteiger partial charge on any atom is 0.128 e. The second-order valence-corrected chi connectivity index (χ2v) is 6.91. The minimum absolute atomic E-state index is 0.0809. The molecule has 1 heterocycles. The molecule has 0 aliphatic carbocycles. The zero-order valence-corrected chi connectivity index (χ0v) is 13.1. The number of halogens is 2. The average Bonchev–Trinajstić information content (AvgIpc) is 2.56. The highest BCUT2D eigenvalue weighted by Crippen LogP contribution is 2.33. The number of hydrogen-bond acceptors (Lipinski definition) is 2. The molecule has 20 heavy (non-hydrogen) atoms. The summed E-state index contributed by atoms with van der Waals surface area (Å²) in [5, 5.41) is 0.565. The standard InChI is InChI=1S/C16H24ClFN2/c1-16(2)6-3-8-20(9-7-16)15(11-19)13-10-12(17)4-5-14(13)18/h4-5,10,15H,3,6-9,11,19H2,1-2H3. The molecule has 1 aliphatic rings. The molecule has 4 heteroatoms. The Morgan fingerprint density at radius 3 is 2.80 bits per heavy atom. The lowest BCUT2D eigenvalue weighted by Gasteiger charge is -2.31. The summed E-state index contributed by atoms with van der Waals surface area (Å²) in [6.45, 7) is 6.94. The van der Waals surface area contributed by atoms with Crippen LogP contribution in [0.4, 0.5) is 4.39 Å². The monoisotopic (exact) mass is 298 g/mol. The zero-order chi connectivity index (χ0) is 14.8. The molecule has 1 aromatic carbocycles. The molecule has 0 saturated carbocycles. The Morgan fingerprint density at radius 2 is 2.10 bits per heavy atom. The topological polar surface area (TPSA) is 29.3 Å². The van der Waals surface area contributed by atoms with Crippen LogP contribution in [0, 0.1) is 11.2 Å². The van der Waals surface area contributed by atoms with Crippen molar-refractivity contribution in [1.29, 1.82) is 0 Å². The van der Waals surface area contributed by atoms with Crippen molar-refractivity contribution >= 4 is 11.6 Å². The summed E-state index contributed by atoms with van der Waals surface area (Å²) in [6, 6.07) is 4.65. The van der Waals surface area contributed by atoms with Gasteiger partial charge in [0.15, 0.2) is 0 Å². The molecule has 0 amide bonds. The molecule has 1 aliphatic heterocycles. The predicted molar refractivity (Wildman–Crippen MR) is 82.4 cm³/mol. The first kappa shape index (κ1) is 15.7. The molecule has 0 bridgehead atoms. The summed E-state index contributed by atoms with van der Waals surface area (Å²) in [5.74, 6) is -0.214. The molecule has 1 atom stereocenters. The van der Waals surface area contributed by atoms with E-state index in [9.17, 15) is 4.39 Å². The minimum atomic E-state index is -0.214. The van der Waals surface area contributed by atoms with Gasteiger partial charge in [0.05, 0.1) is 0 Å². The SMILES string of the molecule is CC1(C)CCCN(C(CN)c2cc(Cl)ccc2F)CC1. The summed E-state index contributed by atoms with van der Waals surface area (Å²) in [5.41, 5.74) is 6.91. The van der Waals surface area contributed by atoms with Crippen molar-refractivity contribution in [3.63, 3.8) is 0 Å². The van der Waals surface area contributed by atoms with Gasteiger partial charge in [0, 0.05) is 23.2 Å². The summed E-state index contributed by atoms with van der Waals surface area (Å²) in [6.07, 6.45) is 3.45. The van der Waals surface area contributed by atoms with Gasteiger partial charge in [-0.1, -0.05) is 25.4 Å². The quantitative estimate of drug-likeness (QED) is 0.914. The van der Waals surface area contributed by atoms with Crippen LogP contribution in [0.3, 0.4) is 0 Å². The normalized spacial score (nSPS) is 21.4. The number of nitrogens with two attached hydrogens (primary N) is 1. The largest absolute Gasteiger partial charge is 0.329 e. The van der Waals surface area contributed by atoms with Gasteiger partial charge >= 0.3 is 0 Å². The Balaban J connectivity index is 2.21. The first-order valence-corrected chi connectivity index (χ1v) is 7.70. The van der Waals surface area contributed by atoms with Crippen LogP contribution in [-0.4, -0.2) is 24.5 Å². The maximum absolute atomic E-state index is 14.1. The summed E-state index contributed by atoms with van der Waals surface area (Å²) < 4.78 is 14.1. The highest BCUT2D eigenvalue weighted by Gasteiger charge is 2.28. The van der Waals surface area contributed by atoms with E-state index >= 15 is 0 Å². The van der Waals surface area contributed by atoms with Gasteiger partial charge in [-0.05, 0) is 56.0 Å². The number of hydrogen-bond donors (Lipinski definition) is 1. The molecule has 2 nitrogen and oxygen atoms in total. The fourth-order valence-corrected chi connectivity index (χ4v) is 3.18. The van der Waals surface area contributed by atoms with Crippen LogP contribution in [0.15, 0.2) is 18.2 Å². The van der Waals surface area contributed by atoms with Gasteiger partial charge in [-0.2, -0.15) is 0 Å². The molecule has 1 fully saturated rings. The van der Waals surface area contributed by atoms with Crippen LogP contribution in [0.25, 0.3) is 0 Å². The Morgan fingerprint density at radius 1 is 1.35 bits per heavy atom. The maximum atomic E-state index is 14.1. The van der Waals surface area contributed by atoms with Crippen molar-refractivity contribution in [2.45, 2.75) is 39.2 Å². The van der Waals surface area contributed by atoms with E-state index in [0.717, 1.165) is 25.9 Å². The molecule has 1 saturated heterocycles. The van der Waals surface area contributed by atoms with Crippen LogP contribution in [0.1, 0.15) is 44.7 Å². The lowest BCUT2D eigenvalue weighted by atomic mass is 9.85. The van der Waals surface area contributed by atoms with Crippen molar-refractivity contribution in [2.24, 2.45) is 11.1 Å². The van der Waals surface area contributed by atoms with Gasteiger partial charge in [0.25, 0.3) is 0 Å². The molecule has 2 N–H and O–H groups in total. The second-order valence-electron chi connectivity index (χ2n) is 6.47. The van der Waals surface area contributed by atoms with Gasteiger partial charge in [0.2, 0.25) is 0 Å². The molecular formula is C16H24ClFN2. The Bertz CT molecular complexity index is 462. The highest BCUT2D eigenvalue weighted by atomic mass is 35.5. The van der Waals surface area contributed by atoms with Crippen molar-refractivity contribution in [3.8, 4) is 0 Å². The molecule has 0 spiro atoms. The highest BCUT2D eigenvalue weighted by molar-refractivity contribution is 6.30. The van der Waals surface area contributed by atoms with Crippen molar-refractivity contribution in [1.82, 2.24) is 4.90 Å². The number of rotatable bonds is 3. The minimum Gasteiger partial charge on any atom is -0.329 e. The summed E-state index contributed by atoms with van der Waals surface area (Å²) in [7, 11) is 0. The van der Waals surface area contributed by atoms with E-state index in [1.807, 2.05) is 0 Å². The fourth-order valence-electron chi connectivity index (χ4n) is 3.00. The predicted octanol–water partition coefficient (Wildman–Crippen LogP) is 3.99. The zero-order valence-electron chi connectivity index (χ0n) is 12.3. The molecule has 2 rings (SSSR count). The lowest BCUT2D eigenvalue weighted by molar-refractivity contribution is 0.196. The molecular weight excluding hydrogens is 275 g/mol. The Kier molecular flexibility index (Phi) is 5.05. The Hall–Kier alpha value is -0.640. The van der Waals surface area contributed by atoms with Crippen molar-refractivity contribution in [2.75, 3.05) is 19.6 Å².